The topological polar surface area (TPSA) is 92.2 Å². The predicted molar refractivity (Wildman–Crippen MR) is 103 cm³/mol. The zero-order valence-corrected chi connectivity index (χ0v) is 15.8. The van der Waals surface area contributed by atoms with Crippen LogP contribution in [0.2, 0.25) is 0 Å². The molecule has 1 aromatic carbocycles. The van der Waals surface area contributed by atoms with Gasteiger partial charge in [0, 0.05) is 37.4 Å². The summed E-state index contributed by atoms with van der Waals surface area (Å²) in [7, 11) is 0. The van der Waals surface area contributed by atoms with Gasteiger partial charge in [0.05, 0.1) is 0 Å². The summed E-state index contributed by atoms with van der Waals surface area (Å²) < 4.78 is 1.98. The van der Waals surface area contributed by atoms with E-state index in [1.54, 1.807) is 24.8 Å². The minimum atomic E-state index is -0.136. The fourth-order valence-electron chi connectivity index (χ4n) is 3.29. The van der Waals surface area contributed by atoms with Gasteiger partial charge in [0.2, 0.25) is 0 Å². The van der Waals surface area contributed by atoms with Crippen molar-refractivity contribution in [3.8, 4) is 0 Å². The van der Waals surface area contributed by atoms with Crippen molar-refractivity contribution < 1.29 is 9.59 Å². The molecule has 2 N–H and O–H groups in total. The molecule has 3 rings (SSSR count). The molecule has 27 heavy (non-hydrogen) atoms. The molecule has 0 bridgehead atoms. The quantitative estimate of drug-likeness (QED) is 0.845. The highest BCUT2D eigenvalue weighted by Crippen LogP contribution is 2.21. The Bertz CT molecular complexity index is 782. The van der Waals surface area contributed by atoms with Gasteiger partial charge >= 0.3 is 6.03 Å². The first-order valence-corrected chi connectivity index (χ1v) is 9.34. The largest absolute Gasteiger partial charge is 0.352 e. The highest BCUT2D eigenvalue weighted by atomic mass is 16.2. The van der Waals surface area contributed by atoms with Crippen LogP contribution < -0.4 is 10.6 Å². The van der Waals surface area contributed by atoms with Gasteiger partial charge in [-0.1, -0.05) is 6.07 Å². The van der Waals surface area contributed by atoms with Gasteiger partial charge in [-0.3, -0.25) is 4.79 Å². The lowest BCUT2D eigenvalue weighted by Crippen LogP contribution is -2.41. The van der Waals surface area contributed by atoms with Crippen LogP contribution in [0.25, 0.3) is 0 Å². The monoisotopic (exact) mass is 370 g/mol. The van der Waals surface area contributed by atoms with E-state index in [1.807, 2.05) is 29.4 Å². The second-order valence-corrected chi connectivity index (χ2v) is 6.91. The van der Waals surface area contributed by atoms with E-state index in [2.05, 4.69) is 20.8 Å². The number of nitrogens with zero attached hydrogens (tertiary/aromatic N) is 4. The molecule has 144 valence electrons. The fourth-order valence-corrected chi connectivity index (χ4v) is 3.29. The lowest BCUT2D eigenvalue weighted by atomic mass is 9.97. The van der Waals surface area contributed by atoms with E-state index in [4.69, 9.17) is 0 Å². The van der Waals surface area contributed by atoms with Crippen molar-refractivity contribution in [1.29, 1.82) is 0 Å². The summed E-state index contributed by atoms with van der Waals surface area (Å²) in [5.41, 5.74) is 2.15. The molecule has 2 heterocycles. The smallest absolute Gasteiger partial charge is 0.321 e. The van der Waals surface area contributed by atoms with Crippen molar-refractivity contribution in [2.24, 2.45) is 5.92 Å². The summed E-state index contributed by atoms with van der Waals surface area (Å²) in [5, 5.41) is 13.4. The van der Waals surface area contributed by atoms with Gasteiger partial charge in [-0.2, -0.15) is 0 Å². The number of benzene rings is 1. The molecule has 0 saturated carbocycles. The van der Waals surface area contributed by atoms with Crippen LogP contribution in [0, 0.1) is 12.8 Å². The number of anilines is 1. The number of piperidine rings is 1. The Morgan fingerprint density at radius 2 is 1.89 bits per heavy atom. The minimum Gasteiger partial charge on any atom is -0.352 e. The molecule has 1 aromatic heterocycles. The first-order valence-electron chi connectivity index (χ1n) is 9.34. The van der Waals surface area contributed by atoms with Crippen molar-refractivity contribution in [1.82, 2.24) is 25.0 Å². The van der Waals surface area contributed by atoms with Crippen LogP contribution in [-0.2, 0) is 6.54 Å². The first kappa shape index (κ1) is 18.9. The Morgan fingerprint density at radius 3 is 2.56 bits per heavy atom. The predicted octanol–water partition coefficient (Wildman–Crippen LogP) is 2.28. The van der Waals surface area contributed by atoms with Crippen LogP contribution in [0.5, 0.6) is 0 Å². The Hall–Kier alpha value is -2.90. The number of carbonyl (C=O) groups excluding carboxylic acids is 2. The van der Waals surface area contributed by atoms with Gasteiger partial charge in [-0.05, 0) is 50.3 Å². The van der Waals surface area contributed by atoms with Gasteiger partial charge in [0.1, 0.15) is 12.7 Å². The molecule has 0 radical (unpaired) electrons. The van der Waals surface area contributed by atoms with E-state index in [-0.39, 0.29) is 11.9 Å². The highest BCUT2D eigenvalue weighted by Gasteiger charge is 2.23. The van der Waals surface area contributed by atoms with E-state index in [1.165, 1.54) is 0 Å². The molecule has 1 aliphatic heterocycles. The number of hydrogen-bond donors (Lipinski definition) is 2. The van der Waals surface area contributed by atoms with Gasteiger partial charge in [-0.15, -0.1) is 10.2 Å². The van der Waals surface area contributed by atoms with E-state index in [0.29, 0.717) is 36.8 Å². The van der Waals surface area contributed by atoms with E-state index < -0.39 is 0 Å². The van der Waals surface area contributed by atoms with Gasteiger partial charge in [-0.25, -0.2) is 4.79 Å². The SMILES string of the molecule is CCNC(=O)c1ccc(C)c(NC(=O)N2CCC(Cn3cnnc3)CC2)c1. The molecule has 0 aliphatic carbocycles. The third-order valence-electron chi connectivity index (χ3n) is 4.92. The first-order chi connectivity index (χ1) is 13.1. The summed E-state index contributed by atoms with van der Waals surface area (Å²) in [6.45, 7) is 6.68. The molecule has 1 aliphatic rings. The van der Waals surface area contributed by atoms with Crippen LogP contribution in [0.1, 0.15) is 35.7 Å². The van der Waals surface area contributed by atoms with Gasteiger partial charge in [0.15, 0.2) is 0 Å². The number of hydrogen-bond acceptors (Lipinski definition) is 4. The van der Waals surface area contributed by atoms with Crippen molar-refractivity contribution in [2.75, 3.05) is 25.0 Å². The normalized spacial score (nSPS) is 14.8. The molecule has 3 amide bonds. The molecule has 1 saturated heterocycles. The Labute approximate surface area is 159 Å². The molecule has 0 spiro atoms. The van der Waals surface area contributed by atoms with E-state index in [9.17, 15) is 9.59 Å². The van der Waals surface area contributed by atoms with Crippen molar-refractivity contribution in [3.05, 3.63) is 42.0 Å². The van der Waals surface area contributed by atoms with Gasteiger partial charge < -0.3 is 20.1 Å². The maximum Gasteiger partial charge on any atom is 0.321 e. The summed E-state index contributed by atoms with van der Waals surface area (Å²) in [5.74, 6) is 0.385. The van der Waals surface area contributed by atoms with Crippen molar-refractivity contribution in [2.45, 2.75) is 33.2 Å². The third-order valence-corrected chi connectivity index (χ3v) is 4.92. The van der Waals surface area contributed by atoms with Crippen LogP contribution in [0.3, 0.4) is 0 Å². The molecule has 1 fully saturated rings. The standard InChI is InChI=1S/C19H26N6O2/c1-3-20-18(26)16-5-4-14(2)17(10-16)23-19(27)25-8-6-15(7-9-25)11-24-12-21-22-13-24/h4-5,10,12-13,15H,3,6-9,11H2,1-2H3,(H,20,26)(H,23,27). The van der Waals surface area contributed by atoms with Crippen LogP contribution >= 0.6 is 0 Å². The van der Waals surface area contributed by atoms with Crippen molar-refractivity contribution >= 4 is 17.6 Å². The maximum atomic E-state index is 12.6. The molecular formula is C19H26N6O2. The molecule has 2 aromatic rings. The fraction of sp³-hybridized carbons (Fsp3) is 0.474. The number of carbonyl (C=O) groups is 2. The minimum absolute atomic E-state index is 0.117. The number of amides is 3. The molecule has 0 unspecified atom stereocenters. The number of aromatic nitrogens is 3. The van der Waals surface area contributed by atoms with Crippen LogP contribution in [0.4, 0.5) is 10.5 Å². The zero-order valence-electron chi connectivity index (χ0n) is 15.8. The average Bonchev–Trinajstić information content (AvgIpc) is 3.17. The van der Waals surface area contributed by atoms with Gasteiger partial charge in [0.25, 0.3) is 5.91 Å². The number of nitrogens with one attached hydrogen (secondary N) is 2. The number of aryl methyl sites for hydroxylation is 1. The second-order valence-electron chi connectivity index (χ2n) is 6.91. The number of likely N-dealkylation sites (tertiary alicyclic amines) is 1. The highest BCUT2D eigenvalue weighted by molar-refractivity contribution is 5.97. The molecule has 8 heteroatoms. The Balaban J connectivity index is 1.56. The summed E-state index contributed by atoms with van der Waals surface area (Å²) in [6.07, 6.45) is 5.35. The average molecular weight is 370 g/mol. The second kappa shape index (κ2) is 8.66. The van der Waals surface area contributed by atoms with Crippen LogP contribution in [-0.4, -0.2) is 51.2 Å². The Morgan fingerprint density at radius 1 is 1.19 bits per heavy atom. The molecular weight excluding hydrogens is 344 g/mol. The van der Waals surface area contributed by atoms with Crippen molar-refractivity contribution in [3.63, 3.8) is 0 Å². The molecule has 8 nitrogen and oxygen atoms in total. The lowest BCUT2D eigenvalue weighted by Gasteiger charge is -2.32. The third kappa shape index (κ3) is 4.84. The lowest BCUT2D eigenvalue weighted by molar-refractivity contribution is 0.0955. The maximum absolute atomic E-state index is 12.6. The number of urea groups is 1. The Kier molecular flexibility index (Phi) is 6.05. The molecule has 0 atom stereocenters. The summed E-state index contributed by atoms with van der Waals surface area (Å²) in [4.78, 5) is 26.5. The summed E-state index contributed by atoms with van der Waals surface area (Å²) >= 11 is 0. The van der Waals surface area contributed by atoms with Crippen LogP contribution in [0.15, 0.2) is 30.9 Å². The van der Waals surface area contributed by atoms with E-state index >= 15 is 0 Å². The zero-order chi connectivity index (χ0) is 19.2. The van der Waals surface area contributed by atoms with E-state index in [0.717, 1.165) is 24.9 Å². The summed E-state index contributed by atoms with van der Waals surface area (Å²) in [6, 6.07) is 5.24. The number of rotatable bonds is 5.